The SMILES string of the molecule is COc1ccc2c(n1)N(C)CCN2C(=O)c1cccnc1OC(C)C. The molecule has 0 saturated carbocycles. The third-order valence-electron chi connectivity index (χ3n) is 3.94. The van der Waals surface area contributed by atoms with Gasteiger partial charge in [-0.25, -0.2) is 4.98 Å². The zero-order chi connectivity index (χ0) is 18.0. The topological polar surface area (TPSA) is 67.8 Å². The van der Waals surface area contributed by atoms with Gasteiger partial charge in [0, 0.05) is 32.4 Å². The Bertz CT molecular complexity index is 779. The summed E-state index contributed by atoms with van der Waals surface area (Å²) in [5.41, 5.74) is 1.20. The van der Waals surface area contributed by atoms with Crippen molar-refractivity contribution in [3.63, 3.8) is 0 Å². The second-order valence-electron chi connectivity index (χ2n) is 6.10. The first-order valence-corrected chi connectivity index (χ1v) is 8.21. The minimum Gasteiger partial charge on any atom is -0.481 e. The lowest BCUT2D eigenvalue weighted by molar-refractivity contribution is 0.0979. The van der Waals surface area contributed by atoms with Crippen molar-refractivity contribution >= 4 is 17.4 Å². The molecule has 0 saturated heterocycles. The number of methoxy groups -OCH3 is 1. The van der Waals surface area contributed by atoms with Crippen LogP contribution in [0.5, 0.6) is 11.8 Å². The van der Waals surface area contributed by atoms with Gasteiger partial charge >= 0.3 is 0 Å². The van der Waals surface area contributed by atoms with Gasteiger partial charge in [0.25, 0.3) is 5.91 Å². The van der Waals surface area contributed by atoms with Crippen LogP contribution in [0, 0.1) is 0 Å². The molecule has 0 unspecified atom stereocenters. The lowest BCUT2D eigenvalue weighted by Gasteiger charge is -2.34. The molecule has 3 rings (SSSR count). The number of ether oxygens (including phenoxy) is 2. The predicted molar refractivity (Wildman–Crippen MR) is 95.7 cm³/mol. The van der Waals surface area contributed by atoms with Gasteiger partial charge in [-0.05, 0) is 32.0 Å². The molecule has 1 amide bonds. The fraction of sp³-hybridized carbons (Fsp3) is 0.389. The summed E-state index contributed by atoms with van der Waals surface area (Å²) >= 11 is 0. The molecule has 1 aliphatic heterocycles. The number of carbonyl (C=O) groups excluding carboxylic acids is 1. The maximum Gasteiger partial charge on any atom is 0.263 e. The first-order valence-electron chi connectivity index (χ1n) is 8.21. The maximum atomic E-state index is 13.2. The molecule has 0 aliphatic carbocycles. The molecule has 3 heterocycles. The number of pyridine rings is 2. The number of hydrogen-bond donors (Lipinski definition) is 0. The number of fused-ring (bicyclic) bond motifs is 1. The number of rotatable bonds is 4. The molecule has 0 fully saturated rings. The van der Waals surface area contributed by atoms with E-state index in [0.29, 0.717) is 36.2 Å². The molecular weight excluding hydrogens is 320 g/mol. The molecule has 0 atom stereocenters. The van der Waals surface area contributed by atoms with E-state index in [1.807, 2.05) is 31.9 Å². The molecule has 0 N–H and O–H groups in total. The van der Waals surface area contributed by atoms with Crippen LogP contribution in [-0.4, -0.2) is 49.2 Å². The number of hydrogen-bond acceptors (Lipinski definition) is 6. The molecule has 2 aromatic heterocycles. The summed E-state index contributed by atoms with van der Waals surface area (Å²) in [4.78, 5) is 25.6. The lowest BCUT2D eigenvalue weighted by atomic mass is 10.2. The highest BCUT2D eigenvalue weighted by Crippen LogP contribution is 2.34. The van der Waals surface area contributed by atoms with Crippen molar-refractivity contribution < 1.29 is 14.3 Å². The largest absolute Gasteiger partial charge is 0.481 e. The first kappa shape index (κ1) is 17.0. The Morgan fingerprint density at radius 1 is 1.24 bits per heavy atom. The van der Waals surface area contributed by atoms with Crippen LogP contribution in [0.25, 0.3) is 0 Å². The van der Waals surface area contributed by atoms with Crippen molar-refractivity contribution in [3.05, 3.63) is 36.0 Å². The highest BCUT2D eigenvalue weighted by Gasteiger charge is 2.29. The van der Waals surface area contributed by atoms with Crippen LogP contribution in [0.4, 0.5) is 11.5 Å². The van der Waals surface area contributed by atoms with Gasteiger partial charge in [-0.2, -0.15) is 4.98 Å². The summed E-state index contributed by atoms with van der Waals surface area (Å²) in [7, 11) is 3.52. The Hall–Kier alpha value is -2.83. The smallest absolute Gasteiger partial charge is 0.263 e. The van der Waals surface area contributed by atoms with E-state index in [0.717, 1.165) is 5.69 Å². The third kappa shape index (κ3) is 3.35. The second-order valence-corrected chi connectivity index (χ2v) is 6.10. The molecule has 0 spiro atoms. The number of aromatic nitrogens is 2. The number of amides is 1. The van der Waals surface area contributed by atoms with Crippen LogP contribution in [-0.2, 0) is 0 Å². The van der Waals surface area contributed by atoms with E-state index in [-0.39, 0.29) is 12.0 Å². The highest BCUT2D eigenvalue weighted by molar-refractivity contribution is 6.09. The van der Waals surface area contributed by atoms with Gasteiger partial charge in [0.2, 0.25) is 11.8 Å². The lowest BCUT2D eigenvalue weighted by Crippen LogP contribution is -2.43. The van der Waals surface area contributed by atoms with E-state index >= 15 is 0 Å². The fourth-order valence-electron chi connectivity index (χ4n) is 2.73. The van der Waals surface area contributed by atoms with Crippen molar-refractivity contribution in [2.24, 2.45) is 0 Å². The van der Waals surface area contributed by atoms with Crippen molar-refractivity contribution in [1.29, 1.82) is 0 Å². The van der Waals surface area contributed by atoms with Crippen molar-refractivity contribution in [1.82, 2.24) is 9.97 Å². The average molecular weight is 342 g/mol. The van der Waals surface area contributed by atoms with Crippen molar-refractivity contribution in [2.45, 2.75) is 20.0 Å². The summed E-state index contributed by atoms with van der Waals surface area (Å²) in [6, 6.07) is 7.09. The second kappa shape index (κ2) is 6.96. The number of likely N-dealkylation sites (N-methyl/N-ethyl adjacent to an activating group) is 1. The molecule has 1 aliphatic rings. The molecule has 7 heteroatoms. The average Bonchev–Trinajstić information content (AvgIpc) is 2.61. The minimum atomic E-state index is -0.148. The van der Waals surface area contributed by atoms with Gasteiger partial charge in [0.05, 0.1) is 18.9 Å². The zero-order valence-corrected chi connectivity index (χ0v) is 14.9. The molecule has 2 aromatic rings. The van der Waals surface area contributed by atoms with Crippen LogP contribution in [0.3, 0.4) is 0 Å². The Morgan fingerprint density at radius 2 is 2.04 bits per heavy atom. The number of anilines is 2. The number of nitrogens with zero attached hydrogens (tertiary/aromatic N) is 4. The molecule has 132 valence electrons. The van der Waals surface area contributed by atoms with Crippen LogP contribution < -0.4 is 19.3 Å². The Kier molecular flexibility index (Phi) is 4.74. The fourth-order valence-corrected chi connectivity index (χ4v) is 2.73. The van der Waals surface area contributed by atoms with E-state index in [2.05, 4.69) is 9.97 Å². The summed E-state index contributed by atoms with van der Waals surface area (Å²) in [5, 5.41) is 0. The monoisotopic (exact) mass is 342 g/mol. The van der Waals surface area contributed by atoms with E-state index in [1.165, 1.54) is 0 Å². The van der Waals surface area contributed by atoms with E-state index < -0.39 is 0 Å². The summed E-state index contributed by atoms with van der Waals surface area (Å²) in [6.45, 7) is 5.06. The van der Waals surface area contributed by atoms with Gasteiger partial charge in [-0.1, -0.05) is 0 Å². The molecular formula is C18H22N4O3. The van der Waals surface area contributed by atoms with Crippen molar-refractivity contribution in [2.75, 3.05) is 37.0 Å². The predicted octanol–water partition coefficient (Wildman–Crippen LogP) is 2.37. The van der Waals surface area contributed by atoms with Gasteiger partial charge < -0.3 is 19.3 Å². The first-order chi connectivity index (χ1) is 12.0. The Morgan fingerprint density at radius 3 is 2.76 bits per heavy atom. The molecule has 0 radical (unpaired) electrons. The van der Waals surface area contributed by atoms with Crippen LogP contribution >= 0.6 is 0 Å². The molecule has 7 nitrogen and oxygen atoms in total. The summed E-state index contributed by atoms with van der Waals surface area (Å²) in [5.74, 6) is 1.44. The van der Waals surface area contributed by atoms with Gasteiger partial charge in [0.1, 0.15) is 5.56 Å². The van der Waals surface area contributed by atoms with Gasteiger partial charge in [-0.3, -0.25) is 4.79 Å². The molecule has 25 heavy (non-hydrogen) atoms. The van der Waals surface area contributed by atoms with Crippen LogP contribution in [0.1, 0.15) is 24.2 Å². The van der Waals surface area contributed by atoms with E-state index in [1.54, 1.807) is 36.4 Å². The van der Waals surface area contributed by atoms with E-state index in [4.69, 9.17) is 9.47 Å². The normalized spacial score (nSPS) is 13.6. The Balaban J connectivity index is 1.99. The van der Waals surface area contributed by atoms with Crippen LogP contribution in [0.2, 0.25) is 0 Å². The van der Waals surface area contributed by atoms with Gasteiger partial charge in [-0.15, -0.1) is 0 Å². The Labute approximate surface area is 147 Å². The van der Waals surface area contributed by atoms with E-state index in [9.17, 15) is 4.79 Å². The summed E-state index contributed by atoms with van der Waals surface area (Å²) < 4.78 is 10.9. The highest BCUT2D eigenvalue weighted by atomic mass is 16.5. The minimum absolute atomic E-state index is 0.0628. The van der Waals surface area contributed by atoms with Crippen LogP contribution in [0.15, 0.2) is 30.5 Å². The van der Waals surface area contributed by atoms with Gasteiger partial charge in [0.15, 0.2) is 5.82 Å². The quantitative estimate of drug-likeness (QED) is 0.850. The molecule has 0 bridgehead atoms. The zero-order valence-electron chi connectivity index (χ0n) is 14.9. The number of carbonyl (C=O) groups is 1. The maximum absolute atomic E-state index is 13.2. The molecule has 0 aromatic carbocycles. The van der Waals surface area contributed by atoms with Crippen molar-refractivity contribution in [3.8, 4) is 11.8 Å². The summed E-state index contributed by atoms with van der Waals surface area (Å²) in [6.07, 6.45) is 1.56. The standard InChI is InChI=1S/C18H22N4O3/c1-12(2)25-17-13(6-5-9-19-17)18(23)22-11-10-21(3)16-14(22)7-8-15(20-16)24-4/h5-9,12H,10-11H2,1-4H3. The third-order valence-corrected chi connectivity index (χ3v) is 3.94.